The van der Waals surface area contributed by atoms with Gasteiger partial charge in [-0.3, -0.25) is 0 Å². The second-order valence-electron chi connectivity index (χ2n) is 4.36. The lowest BCUT2D eigenvalue weighted by atomic mass is 10.2. The fourth-order valence-electron chi connectivity index (χ4n) is 1.98. The number of aryl methyl sites for hydroxylation is 1. The first-order chi connectivity index (χ1) is 9.22. The predicted molar refractivity (Wildman–Crippen MR) is 78.0 cm³/mol. The zero-order chi connectivity index (χ0) is 13.2. The van der Waals surface area contributed by atoms with Crippen molar-refractivity contribution in [1.29, 1.82) is 0 Å². The number of benzene rings is 1. The van der Waals surface area contributed by atoms with Crippen LogP contribution < -0.4 is 5.73 Å². The standard InChI is InChI=1S/C14H14N4S/c1-10-17-13(9-19-10)8-18-7-6-16-14(18)11-2-4-12(15)5-3-11/h2-7,9H,8,15H2,1H3. The molecule has 2 heterocycles. The second kappa shape index (κ2) is 4.85. The summed E-state index contributed by atoms with van der Waals surface area (Å²) in [5.74, 6) is 0.936. The number of nitrogens with zero attached hydrogens (tertiary/aromatic N) is 3. The maximum absolute atomic E-state index is 5.71. The molecule has 19 heavy (non-hydrogen) atoms. The molecule has 5 heteroatoms. The summed E-state index contributed by atoms with van der Waals surface area (Å²) in [7, 11) is 0. The van der Waals surface area contributed by atoms with Gasteiger partial charge in [0.25, 0.3) is 0 Å². The van der Waals surface area contributed by atoms with Crippen LogP contribution in [0.3, 0.4) is 0 Å². The van der Waals surface area contributed by atoms with Gasteiger partial charge in [0.2, 0.25) is 0 Å². The van der Waals surface area contributed by atoms with Crippen LogP contribution in [0.15, 0.2) is 42.0 Å². The summed E-state index contributed by atoms with van der Waals surface area (Å²) in [6.45, 7) is 2.76. The van der Waals surface area contributed by atoms with Crippen LogP contribution in [0.1, 0.15) is 10.7 Å². The molecule has 3 rings (SSSR count). The van der Waals surface area contributed by atoms with E-state index in [1.54, 1.807) is 11.3 Å². The van der Waals surface area contributed by atoms with Gasteiger partial charge >= 0.3 is 0 Å². The van der Waals surface area contributed by atoms with Crippen molar-refractivity contribution in [2.75, 3.05) is 5.73 Å². The van der Waals surface area contributed by atoms with Crippen molar-refractivity contribution in [1.82, 2.24) is 14.5 Å². The molecule has 0 radical (unpaired) electrons. The normalized spacial score (nSPS) is 10.8. The van der Waals surface area contributed by atoms with Gasteiger partial charge in [-0.05, 0) is 31.2 Å². The lowest BCUT2D eigenvalue weighted by molar-refractivity contribution is 0.785. The minimum Gasteiger partial charge on any atom is -0.399 e. The van der Waals surface area contributed by atoms with E-state index in [0.29, 0.717) is 0 Å². The van der Waals surface area contributed by atoms with Gasteiger partial charge in [0.15, 0.2) is 0 Å². The summed E-state index contributed by atoms with van der Waals surface area (Å²) in [5.41, 5.74) is 8.60. The summed E-state index contributed by atoms with van der Waals surface area (Å²) in [4.78, 5) is 8.90. The highest BCUT2D eigenvalue weighted by molar-refractivity contribution is 7.09. The molecule has 0 bridgehead atoms. The van der Waals surface area contributed by atoms with E-state index in [9.17, 15) is 0 Å². The number of nitrogen functional groups attached to an aromatic ring is 1. The molecule has 4 nitrogen and oxygen atoms in total. The van der Waals surface area contributed by atoms with Crippen molar-refractivity contribution < 1.29 is 0 Å². The van der Waals surface area contributed by atoms with E-state index in [4.69, 9.17) is 5.73 Å². The van der Waals surface area contributed by atoms with E-state index in [0.717, 1.165) is 34.3 Å². The van der Waals surface area contributed by atoms with Gasteiger partial charge in [-0.1, -0.05) is 0 Å². The Hall–Kier alpha value is -2.14. The molecule has 2 N–H and O–H groups in total. The van der Waals surface area contributed by atoms with Crippen molar-refractivity contribution in [2.24, 2.45) is 0 Å². The molecule has 0 aliphatic rings. The van der Waals surface area contributed by atoms with Crippen LogP contribution in [0.2, 0.25) is 0 Å². The molecule has 96 valence electrons. The quantitative estimate of drug-likeness (QED) is 0.744. The predicted octanol–water partition coefficient (Wildman–Crippen LogP) is 2.95. The zero-order valence-corrected chi connectivity index (χ0v) is 11.4. The van der Waals surface area contributed by atoms with Crippen molar-refractivity contribution in [3.63, 3.8) is 0 Å². The first-order valence-corrected chi connectivity index (χ1v) is 6.88. The number of hydrogen-bond acceptors (Lipinski definition) is 4. The highest BCUT2D eigenvalue weighted by Gasteiger charge is 2.07. The molecule has 0 saturated carbocycles. The van der Waals surface area contributed by atoms with E-state index in [1.807, 2.05) is 43.6 Å². The lowest BCUT2D eigenvalue weighted by Crippen LogP contribution is -2.01. The van der Waals surface area contributed by atoms with Crippen LogP contribution in [-0.4, -0.2) is 14.5 Å². The van der Waals surface area contributed by atoms with Crippen molar-refractivity contribution in [3.05, 3.63) is 52.7 Å². The number of rotatable bonds is 3. The third-order valence-electron chi connectivity index (χ3n) is 2.88. The first-order valence-electron chi connectivity index (χ1n) is 6.00. The molecule has 0 aliphatic heterocycles. The Bertz CT molecular complexity index is 682. The lowest BCUT2D eigenvalue weighted by Gasteiger charge is -2.06. The van der Waals surface area contributed by atoms with E-state index >= 15 is 0 Å². The van der Waals surface area contributed by atoms with E-state index in [-0.39, 0.29) is 0 Å². The van der Waals surface area contributed by atoms with Crippen molar-refractivity contribution in [2.45, 2.75) is 13.5 Å². The summed E-state index contributed by atoms with van der Waals surface area (Å²) >= 11 is 1.67. The molecule has 0 fully saturated rings. The van der Waals surface area contributed by atoms with Crippen LogP contribution in [0.25, 0.3) is 11.4 Å². The number of imidazole rings is 1. The largest absolute Gasteiger partial charge is 0.399 e. The van der Waals surface area contributed by atoms with Gasteiger partial charge in [0.05, 0.1) is 17.2 Å². The Morgan fingerprint density at radius 1 is 1.26 bits per heavy atom. The molecular weight excluding hydrogens is 256 g/mol. The van der Waals surface area contributed by atoms with Crippen LogP contribution in [-0.2, 0) is 6.54 Å². The molecule has 1 aromatic carbocycles. The second-order valence-corrected chi connectivity index (χ2v) is 5.42. The number of nitrogens with two attached hydrogens (primary N) is 1. The average Bonchev–Trinajstić information content (AvgIpc) is 3.00. The molecule has 3 aromatic rings. The molecule has 0 saturated heterocycles. The maximum atomic E-state index is 5.71. The number of hydrogen-bond donors (Lipinski definition) is 1. The summed E-state index contributed by atoms with van der Waals surface area (Å²) in [5, 5.41) is 3.17. The van der Waals surface area contributed by atoms with Crippen LogP contribution in [0.4, 0.5) is 5.69 Å². The molecule has 0 aliphatic carbocycles. The smallest absolute Gasteiger partial charge is 0.140 e. The van der Waals surface area contributed by atoms with Gasteiger partial charge < -0.3 is 10.3 Å². The van der Waals surface area contributed by atoms with E-state index in [1.165, 1.54) is 0 Å². The van der Waals surface area contributed by atoms with Crippen LogP contribution in [0.5, 0.6) is 0 Å². The molecule has 0 amide bonds. The molecule has 0 unspecified atom stereocenters. The SMILES string of the molecule is Cc1nc(Cn2ccnc2-c2ccc(N)cc2)cs1. The Morgan fingerprint density at radius 3 is 2.74 bits per heavy atom. The summed E-state index contributed by atoms with van der Waals surface area (Å²) < 4.78 is 2.10. The third-order valence-corrected chi connectivity index (χ3v) is 3.71. The monoisotopic (exact) mass is 270 g/mol. The molecular formula is C14H14N4S. The van der Waals surface area contributed by atoms with Crippen LogP contribution in [0, 0.1) is 6.92 Å². The first kappa shape index (κ1) is 11.9. The van der Waals surface area contributed by atoms with Crippen molar-refractivity contribution in [3.8, 4) is 11.4 Å². The summed E-state index contributed by atoms with van der Waals surface area (Å²) in [6, 6.07) is 7.75. The molecule has 0 atom stereocenters. The topological polar surface area (TPSA) is 56.7 Å². The minimum atomic E-state index is 0.740. The molecule has 0 spiro atoms. The van der Waals surface area contributed by atoms with Gasteiger partial charge in [-0.15, -0.1) is 11.3 Å². The third kappa shape index (κ3) is 2.51. The Balaban J connectivity index is 1.92. The fourth-order valence-corrected chi connectivity index (χ4v) is 2.59. The van der Waals surface area contributed by atoms with Crippen molar-refractivity contribution >= 4 is 17.0 Å². The number of thiazole rings is 1. The molecule has 2 aromatic heterocycles. The Kier molecular flexibility index (Phi) is 3.05. The van der Waals surface area contributed by atoms with Crippen LogP contribution >= 0.6 is 11.3 Å². The van der Waals surface area contributed by atoms with Gasteiger partial charge in [-0.2, -0.15) is 0 Å². The summed E-state index contributed by atoms with van der Waals surface area (Å²) in [6.07, 6.45) is 3.78. The van der Waals surface area contributed by atoms with Gasteiger partial charge in [0.1, 0.15) is 5.82 Å². The van der Waals surface area contributed by atoms with E-state index < -0.39 is 0 Å². The van der Waals surface area contributed by atoms with Gasteiger partial charge in [0, 0.05) is 29.0 Å². The fraction of sp³-hybridized carbons (Fsp3) is 0.143. The van der Waals surface area contributed by atoms with Gasteiger partial charge in [-0.25, -0.2) is 9.97 Å². The maximum Gasteiger partial charge on any atom is 0.140 e. The Morgan fingerprint density at radius 2 is 2.05 bits per heavy atom. The average molecular weight is 270 g/mol. The number of anilines is 1. The highest BCUT2D eigenvalue weighted by atomic mass is 32.1. The highest BCUT2D eigenvalue weighted by Crippen LogP contribution is 2.20. The Labute approximate surface area is 115 Å². The minimum absolute atomic E-state index is 0.740. The van der Waals surface area contributed by atoms with E-state index in [2.05, 4.69) is 19.9 Å². The number of aromatic nitrogens is 3. The zero-order valence-electron chi connectivity index (χ0n) is 10.6.